The first kappa shape index (κ1) is 6.85. The normalized spacial score (nSPS) is 16.8. The van der Waals surface area contributed by atoms with E-state index in [1.807, 2.05) is 0 Å². The molecule has 0 saturated heterocycles. The number of H-pyrrole nitrogens is 1. The number of aromatic amines is 1. The molecule has 0 aliphatic heterocycles. The fourth-order valence-electron chi connectivity index (χ4n) is 1.01. The standard InChI is InChI=1S/C7H7ClN2O/c8-6-5(3-11)9-7(10-6)4-1-2-4/h3-4H,1-2H2,(H,9,10). The molecule has 1 aliphatic rings. The number of carbonyl (C=O) groups is 1. The lowest BCUT2D eigenvalue weighted by molar-refractivity contribution is 0.111. The van der Waals surface area contributed by atoms with E-state index in [2.05, 4.69) is 9.97 Å². The molecule has 1 fully saturated rings. The lowest BCUT2D eigenvalue weighted by Gasteiger charge is -1.84. The highest BCUT2D eigenvalue weighted by Crippen LogP contribution is 2.38. The maximum atomic E-state index is 10.3. The largest absolute Gasteiger partial charge is 0.338 e. The number of halogens is 1. The van der Waals surface area contributed by atoms with Crippen molar-refractivity contribution in [2.75, 3.05) is 0 Å². The monoisotopic (exact) mass is 170 g/mol. The Kier molecular flexibility index (Phi) is 1.46. The zero-order chi connectivity index (χ0) is 7.84. The SMILES string of the molecule is O=Cc1[nH]c(C2CC2)nc1Cl. The van der Waals surface area contributed by atoms with Gasteiger partial charge in [0.25, 0.3) is 0 Å². The van der Waals surface area contributed by atoms with Crippen LogP contribution < -0.4 is 0 Å². The van der Waals surface area contributed by atoms with Crippen LogP contribution in [0.4, 0.5) is 0 Å². The van der Waals surface area contributed by atoms with Gasteiger partial charge in [-0.15, -0.1) is 0 Å². The van der Waals surface area contributed by atoms with Crippen LogP contribution >= 0.6 is 11.6 Å². The van der Waals surface area contributed by atoms with E-state index < -0.39 is 0 Å². The van der Waals surface area contributed by atoms with Gasteiger partial charge in [0.15, 0.2) is 11.4 Å². The molecular weight excluding hydrogens is 164 g/mol. The third kappa shape index (κ3) is 1.16. The molecule has 11 heavy (non-hydrogen) atoms. The number of imidazole rings is 1. The molecule has 4 heteroatoms. The first-order valence-corrected chi connectivity index (χ1v) is 3.89. The Balaban J connectivity index is 2.35. The molecule has 0 radical (unpaired) electrons. The minimum absolute atomic E-state index is 0.293. The minimum atomic E-state index is 0.293. The summed E-state index contributed by atoms with van der Waals surface area (Å²) in [4.78, 5) is 17.2. The molecular formula is C7H7ClN2O. The second-order valence-corrected chi connectivity index (χ2v) is 3.08. The van der Waals surface area contributed by atoms with E-state index in [9.17, 15) is 4.79 Å². The zero-order valence-electron chi connectivity index (χ0n) is 5.80. The van der Waals surface area contributed by atoms with Crippen LogP contribution in [-0.2, 0) is 0 Å². The highest BCUT2D eigenvalue weighted by atomic mass is 35.5. The molecule has 3 nitrogen and oxygen atoms in total. The second-order valence-electron chi connectivity index (χ2n) is 2.72. The average Bonchev–Trinajstić information content (AvgIpc) is 2.76. The summed E-state index contributed by atoms with van der Waals surface area (Å²) in [6, 6.07) is 0. The molecule has 1 saturated carbocycles. The van der Waals surface area contributed by atoms with E-state index in [0.29, 0.717) is 23.1 Å². The van der Waals surface area contributed by atoms with Gasteiger partial charge >= 0.3 is 0 Å². The molecule has 58 valence electrons. The average molecular weight is 171 g/mol. The highest BCUT2D eigenvalue weighted by molar-refractivity contribution is 6.31. The number of nitrogens with zero attached hydrogens (tertiary/aromatic N) is 1. The van der Waals surface area contributed by atoms with Gasteiger partial charge in [0.1, 0.15) is 11.5 Å². The summed E-state index contributed by atoms with van der Waals surface area (Å²) >= 11 is 5.64. The van der Waals surface area contributed by atoms with Gasteiger partial charge in [0.05, 0.1) is 0 Å². The third-order valence-electron chi connectivity index (χ3n) is 1.79. The number of aromatic nitrogens is 2. The molecule has 0 bridgehead atoms. The van der Waals surface area contributed by atoms with Crippen molar-refractivity contribution in [2.45, 2.75) is 18.8 Å². The van der Waals surface area contributed by atoms with Gasteiger partial charge < -0.3 is 4.98 Å². The van der Waals surface area contributed by atoms with Crippen LogP contribution in [0, 0.1) is 0 Å². The van der Waals surface area contributed by atoms with E-state index in [1.54, 1.807) is 0 Å². The molecule has 2 rings (SSSR count). The first-order chi connectivity index (χ1) is 5.31. The van der Waals surface area contributed by atoms with Crippen molar-refractivity contribution in [1.29, 1.82) is 0 Å². The zero-order valence-corrected chi connectivity index (χ0v) is 6.56. The maximum Gasteiger partial charge on any atom is 0.169 e. The quantitative estimate of drug-likeness (QED) is 0.688. The Morgan fingerprint density at radius 1 is 1.64 bits per heavy atom. The highest BCUT2D eigenvalue weighted by Gasteiger charge is 2.27. The lowest BCUT2D eigenvalue weighted by Crippen LogP contribution is -1.82. The fraction of sp³-hybridized carbons (Fsp3) is 0.429. The summed E-state index contributed by atoms with van der Waals surface area (Å²) in [5, 5.41) is 0.293. The number of hydrogen-bond donors (Lipinski definition) is 1. The first-order valence-electron chi connectivity index (χ1n) is 3.52. The predicted octanol–water partition coefficient (Wildman–Crippen LogP) is 1.75. The summed E-state index contributed by atoms with van der Waals surface area (Å²) in [7, 11) is 0. The summed E-state index contributed by atoms with van der Waals surface area (Å²) in [6.45, 7) is 0. The van der Waals surface area contributed by atoms with Crippen molar-refractivity contribution in [3.05, 3.63) is 16.7 Å². The van der Waals surface area contributed by atoms with Crippen LogP contribution in [0.3, 0.4) is 0 Å². The van der Waals surface area contributed by atoms with Crippen molar-refractivity contribution in [2.24, 2.45) is 0 Å². The fourth-order valence-corrected chi connectivity index (χ4v) is 1.19. The van der Waals surface area contributed by atoms with E-state index in [0.717, 1.165) is 18.7 Å². The predicted molar refractivity (Wildman–Crippen MR) is 41.0 cm³/mol. The summed E-state index contributed by atoms with van der Waals surface area (Å²) in [6.07, 6.45) is 3.01. The Bertz CT molecular complexity index is 291. The van der Waals surface area contributed by atoms with E-state index >= 15 is 0 Å². The Hall–Kier alpha value is -0.830. The Labute approximate surface area is 68.8 Å². The van der Waals surface area contributed by atoms with Gasteiger partial charge in [-0.2, -0.15) is 0 Å². The number of nitrogens with one attached hydrogen (secondary N) is 1. The van der Waals surface area contributed by atoms with Crippen LogP contribution in [-0.4, -0.2) is 16.3 Å². The lowest BCUT2D eigenvalue weighted by atomic mass is 10.4. The minimum Gasteiger partial charge on any atom is -0.338 e. The van der Waals surface area contributed by atoms with Gasteiger partial charge in [-0.05, 0) is 12.8 Å². The summed E-state index contributed by atoms with van der Waals surface area (Å²) < 4.78 is 0. The topological polar surface area (TPSA) is 45.8 Å². The van der Waals surface area contributed by atoms with Gasteiger partial charge in [0, 0.05) is 5.92 Å². The maximum absolute atomic E-state index is 10.3. The Morgan fingerprint density at radius 2 is 2.36 bits per heavy atom. The van der Waals surface area contributed by atoms with Crippen molar-refractivity contribution >= 4 is 17.9 Å². The van der Waals surface area contributed by atoms with Gasteiger partial charge in [0.2, 0.25) is 0 Å². The molecule has 1 aromatic heterocycles. The molecule has 0 spiro atoms. The van der Waals surface area contributed by atoms with Crippen molar-refractivity contribution in [3.63, 3.8) is 0 Å². The summed E-state index contributed by atoms with van der Waals surface area (Å²) in [5.74, 6) is 1.37. The molecule has 1 aliphatic carbocycles. The molecule has 0 aromatic carbocycles. The van der Waals surface area contributed by atoms with Gasteiger partial charge in [-0.3, -0.25) is 4.79 Å². The van der Waals surface area contributed by atoms with Crippen LogP contribution in [0.25, 0.3) is 0 Å². The van der Waals surface area contributed by atoms with Crippen LogP contribution in [0.5, 0.6) is 0 Å². The van der Waals surface area contributed by atoms with Crippen LogP contribution in [0.15, 0.2) is 0 Å². The van der Waals surface area contributed by atoms with Crippen molar-refractivity contribution < 1.29 is 4.79 Å². The Morgan fingerprint density at radius 3 is 2.82 bits per heavy atom. The number of carbonyl (C=O) groups excluding carboxylic acids is 1. The second kappa shape index (κ2) is 2.34. The summed E-state index contributed by atoms with van der Waals surface area (Å²) in [5.41, 5.74) is 0.397. The molecule has 1 N–H and O–H groups in total. The van der Waals surface area contributed by atoms with Gasteiger partial charge in [-0.25, -0.2) is 4.98 Å². The van der Waals surface area contributed by atoms with Crippen molar-refractivity contribution in [3.8, 4) is 0 Å². The van der Waals surface area contributed by atoms with Gasteiger partial charge in [-0.1, -0.05) is 11.6 Å². The van der Waals surface area contributed by atoms with Crippen molar-refractivity contribution in [1.82, 2.24) is 9.97 Å². The van der Waals surface area contributed by atoms with E-state index in [4.69, 9.17) is 11.6 Å². The van der Waals surface area contributed by atoms with Crippen LogP contribution in [0.1, 0.15) is 35.1 Å². The van der Waals surface area contributed by atoms with Crippen LogP contribution in [0.2, 0.25) is 5.15 Å². The number of rotatable bonds is 2. The number of hydrogen-bond acceptors (Lipinski definition) is 2. The van der Waals surface area contributed by atoms with E-state index in [-0.39, 0.29) is 0 Å². The molecule has 0 amide bonds. The third-order valence-corrected chi connectivity index (χ3v) is 2.07. The molecule has 0 unspecified atom stereocenters. The molecule has 1 aromatic rings. The molecule has 1 heterocycles. The number of aldehydes is 1. The molecule has 0 atom stereocenters. The van der Waals surface area contributed by atoms with E-state index in [1.165, 1.54) is 0 Å². The smallest absolute Gasteiger partial charge is 0.169 e.